The molecule has 1 aliphatic rings. The molecule has 0 amide bonds. The molecule has 1 saturated heterocycles. The molecule has 3 aromatic rings. The zero-order valence-corrected chi connectivity index (χ0v) is 34.0. The van der Waals surface area contributed by atoms with Crippen molar-refractivity contribution < 1.29 is 42.6 Å². The van der Waals surface area contributed by atoms with Crippen molar-refractivity contribution in [3.05, 3.63) is 59.3 Å². The van der Waals surface area contributed by atoms with Crippen LogP contribution >= 0.6 is 7.82 Å². The lowest BCUT2D eigenvalue weighted by molar-refractivity contribution is -0.0658. The molecule has 57 heavy (non-hydrogen) atoms. The van der Waals surface area contributed by atoms with Crippen molar-refractivity contribution in [2.45, 2.75) is 159 Å². The predicted octanol–water partition coefficient (Wildman–Crippen LogP) is 7.92. The number of hydrogen-bond acceptors (Lipinski definition) is 12. The van der Waals surface area contributed by atoms with E-state index >= 15 is 0 Å². The zero-order valence-electron chi connectivity index (χ0n) is 33.1. The van der Waals surface area contributed by atoms with Gasteiger partial charge in [-0.3, -0.25) is 9.05 Å². The number of phosphoric ester groups is 1. The molecule has 0 aliphatic carbocycles. The number of fused-ring (bicyclic) bond motifs is 1. The summed E-state index contributed by atoms with van der Waals surface area (Å²) in [5.41, 5.74) is 4.60. The lowest BCUT2D eigenvalue weighted by atomic mass is 9.92. The average molecular weight is 815 g/mol. The second-order valence-electron chi connectivity index (χ2n) is 15.0. The Bertz CT molecular complexity index is 1800. The van der Waals surface area contributed by atoms with E-state index in [1.165, 1.54) is 112 Å². The summed E-state index contributed by atoms with van der Waals surface area (Å²) >= 11 is 0. The second kappa shape index (κ2) is 23.8. The standard InChI is InChI=1S/C41H60FN6O8P/c1-2-3-4-5-6-7-8-9-10-11-12-13-14-15-16-17-18-19-33(53-26-31-20-21-32(25-43)34(42)24-31)27-54-57(51,52)55-28-36-38(49)39(50)41(29-44,56-36)37-23-22-35-40(45)46-30-47-48(35)37/h20-24,30,33,36,38-39,49-50H,2-19,26-28H2,1H3,(H,51,52)(H2,45,46,47)/t33-,36-,38-,39-,41+/m1/s1. The summed E-state index contributed by atoms with van der Waals surface area (Å²) in [7, 11) is -4.77. The molecule has 2 aromatic heterocycles. The number of aromatic nitrogens is 3. The van der Waals surface area contributed by atoms with Crippen LogP contribution in [-0.4, -0.2) is 67.3 Å². The van der Waals surface area contributed by atoms with Gasteiger partial charge < -0.3 is 30.3 Å². The summed E-state index contributed by atoms with van der Waals surface area (Å²) in [5.74, 6) is -0.552. The van der Waals surface area contributed by atoms with Gasteiger partial charge in [0.2, 0.25) is 5.60 Å². The van der Waals surface area contributed by atoms with Crippen molar-refractivity contribution in [1.82, 2.24) is 14.6 Å². The number of hydrogen-bond donors (Lipinski definition) is 4. The van der Waals surface area contributed by atoms with Crippen LogP contribution in [0.3, 0.4) is 0 Å². The summed E-state index contributed by atoms with van der Waals surface area (Å²) in [4.78, 5) is 14.5. The number of aliphatic hydroxyl groups is 2. The molecule has 1 aromatic carbocycles. The third-order valence-electron chi connectivity index (χ3n) is 10.6. The Balaban J connectivity index is 1.21. The van der Waals surface area contributed by atoms with Gasteiger partial charge in [0.1, 0.15) is 48.1 Å². The van der Waals surface area contributed by atoms with Crippen molar-refractivity contribution in [1.29, 1.82) is 10.5 Å². The fraction of sp³-hybridized carbons (Fsp3) is 0.659. The van der Waals surface area contributed by atoms with Crippen LogP contribution in [0, 0.1) is 28.5 Å². The molecule has 314 valence electrons. The molecule has 5 N–H and O–H groups in total. The van der Waals surface area contributed by atoms with Gasteiger partial charge in [0, 0.05) is 0 Å². The van der Waals surface area contributed by atoms with Crippen LogP contribution in [-0.2, 0) is 35.3 Å². The van der Waals surface area contributed by atoms with Gasteiger partial charge >= 0.3 is 7.82 Å². The van der Waals surface area contributed by atoms with Crippen LogP contribution in [0.5, 0.6) is 0 Å². The smallest absolute Gasteiger partial charge is 0.387 e. The molecular formula is C41H60FN6O8P. The van der Waals surface area contributed by atoms with Gasteiger partial charge in [0.25, 0.3) is 0 Å². The van der Waals surface area contributed by atoms with E-state index in [0.29, 0.717) is 17.5 Å². The summed E-state index contributed by atoms with van der Waals surface area (Å²) in [6, 6.07) is 10.8. The number of nitrogens with zero attached hydrogens (tertiary/aromatic N) is 5. The zero-order chi connectivity index (χ0) is 41.1. The topological polar surface area (TPSA) is 218 Å². The highest BCUT2D eigenvalue weighted by molar-refractivity contribution is 7.47. The highest BCUT2D eigenvalue weighted by Crippen LogP contribution is 2.46. The first-order valence-corrected chi connectivity index (χ1v) is 22.0. The molecule has 1 unspecified atom stereocenters. The fourth-order valence-corrected chi connectivity index (χ4v) is 7.96. The monoisotopic (exact) mass is 814 g/mol. The molecule has 6 atom stereocenters. The average Bonchev–Trinajstić information content (AvgIpc) is 3.75. The molecule has 0 spiro atoms. The van der Waals surface area contributed by atoms with Crippen LogP contribution in [0.4, 0.5) is 10.2 Å². The van der Waals surface area contributed by atoms with Gasteiger partial charge in [-0.2, -0.15) is 15.6 Å². The first-order chi connectivity index (χ1) is 27.5. The van der Waals surface area contributed by atoms with Crippen LogP contribution < -0.4 is 5.73 Å². The van der Waals surface area contributed by atoms with Crippen LogP contribution in [0.15, 0.2) is 36.7 Å². The summed E-state index contributed by atoms with van der Waals surface area (Å²) in [6.45, 7) is 1.19. The lowest BCUT2D eigenvalue weighted by Gasteiger charge is -2.24. The minimum atomic E-state index is -4.77. The maximum absolute atomic E-state index is 14.2. The van der Waals surface area contributed by atoms with Crippen molar-refractivity contribution in [2.75, 3.05) is 18.9 Å². The Kier molecular flexibility index (Phi) is 19.3. The molecule has 14 nitrogen and oxygen atoms in total. The fourth-order valence-electron chi connectivity index (χ4n) is 7.20. The summed E-state index contributed by atoms with van der Waals surface area (Å²) in [5, 5.41) is 45.1. The number of rotatable bonds is 28. The van der Waals surface area contributed by atoms with E-state index in [1.807, 2.05) is 6.07 Å². The van der Waals surface area contributed by atoms with Crippen molar-refractivity contribution in [2.24, 2.45) is 0 Å². The molecular weight excluding hydrogens is 754 g/mol. The van der Waals surface area contributed by atoms with E-state index in [2.05, 4.69) is 17.0 Å². The predicted molar refractivity (Wildman–Crippen MR) is 212 cm³/mol. The molecule has 0 saturated carbocycles. The summed E-state index contributed by atoms with van der Waals surface area (Å²) in [6.07, 6.45) is 17.2. The number of benzene rings is 1. The maximum atomic E-state index is 14.2. The Labute approximate surface area is 335 Å². The van der Waals surface area contributed by atoms with E-state index in [1.54, 1.807) is 12.1 Å². The van der Waals surface area contributed by atoms with E-state index in [4.69, 9.17) is 29.5 Å². The lowest BCUT2D eigenvalue weighted by Crippen LogP contribution is -2.41. The number of anilines is 1. The highest BCUT2D eigenvalue weighted by atomic mass is 31.2. The first kappa shape index (κ1) is 46.2. The van der Waals surface area contributed by atoms with Crippen LogP contribution in [0.1, 0.15) is 139 Å². The number of phosphoric acid groups is 1. The van der Waals surface area contributed by atoms with Gasteiger partial charge in [0.15, 0.2) is 5.82 Å². The van der Waals surface area contributed by atoms with Crippen molar-refractivity contribution in [3.63, 3.8) is 0 Å². The normalized spacial score (nSPS) is 21.0. The number of nitriles is 2. The van der Waals surface area contributed by atoms with Crippen molar-refractivity contribution >= 4 is 19.2 Å². The molecule has 0 bridgehead atoms. The third-order valence-corrected chi connectivity index (χ3v) is 11.5. The van der Waals surface area contributed by atoms with Gasteiger partial charge in [-0.15, -0.1) is 0 Å². The molecule has 16 heteroatoms. The molecule has 0 radical (unpaired) electrons. The largest absolute Gasteiger partial charge is 0.472 e. The first-order valence-electron chi connectivity index (χ1n) is 20.5. The summed E-state index contributed by atoms with van der Waals surface area (Å²) < 4.78 is 50.9. The Morgan fingerprint density at radius 3 is 2.14 bits per heavy atom. The number of aliphatic hydroxyl groups excluding tert-OH is 2. The van der Waals surface area contributed by atoms with Gasteiger partial charge in [-0.25, -0.2) is 18.5 Å². The number of halogens is 1. The minimum Gasteiger partial charge on any atom is -0.387 e. The number of unbranched alkanes of at least 4 members (excludes halogenated alkanes) is 16. The quantitative estimate of drug-likeness (QED) is 0.0405. The SMILES string of the molecule is CCCCCCCCCCCCCCCCCCC[C@H](COP(=O)(O)OC[C@H]1O[C@@](C#N)(c2ccc3c(N)ncnn23)[C@H](O)[C@@H]1O)OCc1ccc(C#N)c(F)c1. The van der Waals surface area contributed by atoms with Crippen LogP contribution in [0.25, 0.3) is 5.52 Å². The maximum Gasteiger partial charge on any atom is 0.472 e. The third kappa shape index (κ3) is 13.8. The van der Waals surface area contributed by atoms with E-state index in [0.717, 1.165) is 32.0 Å². The second-order valence-corrected chi connectivity index (χ2v) is 16.4. The van der Waals surface area contributed by atoms with E-state index < -0.39 is 50.3 Å². The number of nitrogen functional groups attached to an aromatic ring is 1. The number of ether oxygens (including phenoxy) is 2. The number of nitrogens with two attached hydrogens (primary N) is 1. The van der Waals surface area contributed by atoms with Gasteiger partial charge in [0.05, 0.1) is 37.2 Å². The van der Waals surface area contributed by atoms with Crippen LogP contribution in [0.2, 0.25) is 0 Å². The highest BCUT2D eigenvalue weighted by Gasteiger charge is 2.58. The molecule has 4 rings (SSSR count). The Morgan fingerprint density at radius 1 is 0.947 bits per heavy atom. The van der Waals surface area contributed by atoms with E-state index in [-0.39, 0.29) is 30.3 Å². The minimum absolute atomic E-state index is 0.0204. The Hall–Kier alpha value is -3.50. The molecule has 3 heterocycles. The Morgan fingerprint density at radius 2 is 1.56 bits per heavy atom. The van der Waals surface area contributed by atoms with Gasteiger partial charge in [-0.1, -0.05) is 122 Å². The van der Waals surface area contributed by atoms with E-state index in [9.17, 15) is 29.3 Å². The molecule has 1 fully saturated rings. The molecule has 1 aliphatic heterocycles. The van der Waals surface area contributed by atoms with Crippen molar-refractivity contribution in [3.8, 4) is 12.1 Å². The van der Waals surface area contributed by atoms with Gasteiger partial charge in [-0.05, 0) is 36.2 Å².